The molecule has 42 heavy (non-hydrogen) atoms. The summed E-state index contributed by atoms with van der Waals surface area (Å²) >= 11 is 0. The average molecular weight is 533 g/mol. The first-order valence-electron chi connectivity index (χ1n) is 14.1. The highest BCUT2D eigenvalue weighted by molar-refractivity contribution is 6.22. The molecule has 0 unspecified atom stereocenters. The minimum absolute atomic E-state index is 0.612. The van der Waals surface area contributed by atoms with E-state index in [1.165, 1.54) is 60.0 Å². The lowest BCUT2D eigenvalue weighted by Crippen LogP contribution is -1.91. The third-order valence-electron chi connectivity index (χ3n) is 8.28. The Balaban J connectivity index is 1.35. The molecule has 0 saturated heterocycles. The maximum Gasteiger partial charge on any atom is 0.0992 e. The van der Waals surface area contributed by atoms with E-state index in [1.54, 1.807) is 12.3 Å². The van der Waals surface area contributed by atoms with Crippen molar-refractivity contribution in [3.8, 4) is 39.6 Å². The second-order valence-electron chi connectivity index (χ2n) is 10.7. The van der Waals surface area contributed by atoms with Crippen molar-refractivity contribution in [2.45, 2.75) is 0 Å². The molecule has 2 heteroatoms. The summed E-state index contributed by atoms with van der Waals surface area (Å²) in [7, 11) is 0. The van der Waals surface area contributed by atoms with Gasteiger partial charge in [-0.15, -0.1) is 0 Å². The van der Waals surface area contributed by atoms with Gasteiger partial charge in [0.05, 0.1) is 17.3 Å². The van der Waals surface area contributed by atoms with E-state index in [0.717, 1.165) is 16.6 Å². The highest BCUT2D eigenvalue weighted by atomic mass is 14.7. The number of aromatic nitrogens is 1. The highest BCUT2D eigenvalue weighted by Crippen LogP contribution is 2.44. The van der Waals surface area contributed by atoms with Crippen LogP contribution >= 0.6 is 0 Å². The topological polar surface area (TPSA) is 36.7 Å². The Kier molecular flexibility index (Phi) is 5.55. The Morgan fingerprint density at radius 2 is 0.881 bits per heavy atom. The number of pyridine rings is 1. The Morgan fingerprint density at radius 1 is 0.429 bits per heavy atom. The summed E-state index contributed by atoms with van der Waals surface area (Å²) in [5.41, 5.74) is 7.36. The van der Waals surface area contributed by atoms with E-state index < -0.39 is 0 Å². The molecule has 0 amide bonds. The molecule has 2 nitrogen and oxygen atoms in total. The van der Waals surface area contributed by atoms with Crippen molar-refractivity contribution in [2.75, 3.05) is 0 Å². The minimum Gasteiger partial charge on any atom is -0.256 e. The van der Waals surface area contributed by atoms with E-state index in [0.29, 0.717) is 5.56 Å². The number of benzene rings is 7. The summed E-state index contributed by atoms with van der Waals surface area (Å²) in [5, 5.41) is 19.1. The van der Waals surface area contributed by atoms with Crippen molar-refractivity contribution < 1.29 is 0 Å². The molecule has 0 spiro atoms. The second-order valence-corrected chi connectivity index (χ2v) is 10.7. The van der Waals surface area contributed by atoms with Crippen LogP contribution in [0.25, 0.3) is 76.6 Å². The maximum atomic E-state index is 9.32. The Morgan fingerprint density at radius 3 is 1.45 bits per heavy atom. The summed E-state index contributed by atoms with van der Waals surface area (Å²) in [5.74, 6) is 0. The van der Waals surface area contributed by atoms with Crippen molar-refractivity contribution >= 4 is 43.1 Å². The summed E-state index contributed by atoms with van der Waals surface area (Å²) in [4.78, 5) is 4.50. The van der Waals surface area contributed by atoms with Gasteiger partial charge in [0.25, 0.3) is 0 Å². The van der Waals surface area contributed by atoms with Crippen LogP contribution in [-0.4, -0.2) is 4.98 Å². The van der Waals surface area contributed by atoms with Crippen molar-refractivity contribution in [1.29, 1.82) is 5.26 Å². The van der Waals surface area contributed by atoms with Gasteiger partial charge in [0.15, 0.2) is 0 Å². The van der Waals surface area contributed by atoms with E-state index in [9.17, 15) is 5.26 Å². The first-order chi connectivity index (χ1) is 20.8. The summed E-state index contributed by atoms with van der Waals surface area (Å²) in [6.07, 6.45) is 1.69. The molecule has 8 aromatic rings. The normalized spacial score (nSPS) is 11.3. The molecule has 0 aliphatic rings. The van der Waals surface area contributed by atoms with Gasteiger partial charge >= 0.3 is 0 Å². The van der Waals surface area contributed by atoms with E-state index in [2.05, 4.69) is 138 Å². The second kappa shape index (κ2) is 9.70. The van der Waals surface area contributed by atoms with Gasteiger partial charge in [0.1, 0.15) is 0 Å². The lowest BCUT2D eigenvalue weighted by atomic mass is 9.85. The molecule has 0 atom stereocenters. The van der Waals surface area contributed by atoms with Crippen LogP contribution in [0.4, 0.5) is 0 Å². The zero-order valence-electron chi connectivity index (χ0n) is 22.8. The van der Waals surface area contributed by atoms with Crippen LogP contribution in [-0.2, 0) is 0 Å². The van der Waals surface area contributed by atoms with Gasteiger partial charge in [-0.25, -0.2) is 0 Å². The van der Waals surface area contributed by atoms with E-state index in [4.69, 9.17) is 0 Å². The first-order valence-corrected chi connectivity index (χ1v) is 14.1. The first kappa shape index (κ1) is 24.1. The third-order valence-corrected chi connectivity index (χ3v) is 8.28. The lowest BCUT2D eigenvalue weighted by molar-refractivity contribution is 1.31. The van der Waals surface area contributed by atoms with Crippen LogP contribution in [0, 0.1) is 11.3 Å². The molecule has 194 valence electrons. The average Bonchev–Trinajstić information content (AvgIpc) is 3.06. The van der Waals surface area contributed by atoms with Crippen LogP contribution in [0.3, 0.4) is 0 Å². The van der Waals surface area contributed by atoms with Crippen molar-refractivity contribution in [3.05, 3.63) is 151 Å². The van der Waals surface area contributed by atoms with E-state index in [1.807, 2.05) is 6.07 Å². The fourth-order valence-electron chi connectivity index (χ4n) is 6.31. The van der Waals surface area contributed by atoms with Crippen LogP contribution < -0.4 is 0 Å². The number of hydrogen-bond acceptors (Lipinski definition) is 2. The van der Waals surface area contributed by atoms with Gasteiger partial charge in [0, 0.05) is 11.8 Å². The summed E-state index contributed by atoms with van der Waals surface area (Å²) in [6, 6.07) is 51.8. The predicted molar refractivity (Wildman–Crippen MR) is 175 cm³/mol. The molecular weight excluding hydrogens is 508 g/mol. The van der Waals surface area contributed by atoms with Crippen molar-refractivity contribution in [3.63, 3.8) is 0 Å². The molecule has 0 bridgehead atoms. The molecule has 8 rings (SSSR count). The molecule has 7 aromatic carbocycles. The minimum atomic E-state index is 0.612. The van der Waals surface area contributed by atoms with Gasteiger partial charge in [-0.05, 0) is 95.7 Å². The smallest absolute Gasteiger partial charge is 0.0992 e. The fraction of sp³-hybridized carbons (Fsp3) is 0. The Labute approximate surface area is 243 Å². The van der Waals surface area contributed by atoms with Crippen LogP contribution in [0.2, 0.25) is 0 Å². The van der Waals surface area contributed by atoms with E-state index in [-0.39, 0.29) is 0 Å². The van der Waals surface area contributed by atoms with Gasteiger partial charge in [0.2, 0.25) is 0 Å². The van der Waals surface area contributed by atoms with Crippen LogP contribution in [0.5, 0.6) is 0 Å². The molecule has 1 heterocycles. The maximum absolute atomic E-state index is 9.32. The zero-order chi connectivity index (χ0) is 28.0. The Hall–Kier alpha value is -5.78. The monoisotopic (exact) mass is 532 g/mol. The standard InChI is InChI=1S/C40H24N2/c41-25-26-19-20-42-38(21-26)31-16-14-30-24-33(18-15-29(30)22-31)40-36-11-5-3-9-34(36)39(35-10-4-6-12-37(35)40)32-17-13-27-7-1-2-8-28(27)23-32/h1-24H. The van der Waals surface area contributed by atoms with Gasteiger partial charge in [-0.2, -0.15) is 5.26 Å². The molecule has 0 fully saturated rings. The molecule has 0 aliphatic heterocycles. The molecule has 1 aromatic heterocycles. The number of hydrogen-bond donors (Lipinski definition) is 0. The molecule has 0 radical (unpaired) electrons. The molecule has 0 aliphatic carbocycles. The van der Waals surface area contributed by atoms with Gasteiger partial charge in [-0.1, -0.05) is 109 Å². The SMILES string of the molecule is N#Cc1ccnc(-c2ccc3cc(-c4c5ccccc5c(-c5ccc6ccccc6c5)c5ccccc45)ccc3c2)c1. The molecular formula is C40H24N2. The summed E-state index contributed by atoms with van der Waals surface area (Å²) < 4.78 is 0. The van der Waals surface area contributed by atoms with Crippen molar-refractivity contribution in [1.82, 2.24) is 4.98 Å². The third kappa shape index (κ3) is 3.91. The van der Waals surface area contributed by atoms with Gasteiger partial charge in [-0.3, -0.25) is 4.98 Å². The van der Waals surface area contributed by atoms with Crippen LogP contribution in [0.1, 0.15) is 5.56 Å². The Bertz CT molecular complexity index is 2320. The number of nitrogens with zero attached hydrogens (tertiary/aromatic N) is 2. The highest BCUT2D eigenvalue weighted by Gasteiger charge is 2.17. The summed E-state index contributed by atoms with van der Waals surface area (Å²) in [6.45, 7) is 0. The fourth-order valence-corrected chi connectivity index (χ4v) is 6.31. The molecule has 0 saturated carbocycles. The van der Waals surface area contributed by atoms with E-state index >= 15 is 0 Å². The zero-order valence-corrected chi connectivity index (χ0v) is 22.8. The number of rotatable bonds is 3. The largest absolute Gasteiger partial charge is 0.256 e. The number of fused-ring (bicyclic) bond motifs is 4. The number of nitriles is 1. The van der Waals surface area contributed by atoms with Crippen molar-refractivity contribution in [2.24, 2.45) is 0 Å². The quantitative estimate of drug-likeness (QED) is 0.212. The van der Waals surface area contributed by atoms with Gasteiger partial charge < -0.3 is 0 Å². The lowest BCUT2D eigenvalue weighted by Gasteiger charge is -2.18. The van der Waals surface area contributed by atoms with Crippen LogP contribution in [0.15, 0.2) is 146 Å². The predicted octanol–water partition coefficient (Wildman–Crippen LogP) is 10.6. The molecule has 0 N–H and O–H groups in total.